The zero-order chi connectivity index (χ0) is 13.0. The normalized spacial score (nSPS) is 11.5. The van der Waals surface area contributed by atoms with Crippen LogP contribution in [0.3, 0.4) is 0 Å². The van der Waals surface area contributed by atoms with E-state index in [2.05, 4.69) is 10.1 Å². The third-order valence-corrected chi connectivity index (χ3v) is 2.42. The quantitative estimate of drug-likeness (QED) is 0.371. The van der Waals surface area contributed by atoms with E-state index in [9.17, 15) is 0 Å². The Kier molecular flexibility index (Phi) is 3.47. The average molecular weight is 247 g/mol. The number of ether oxygens (including phenoxy) is 1. The Morgan fingerprint density at radius 3 is 3.06 bits per heavy atom. The van der Waals surface area contributed by atoms with E-state index in [4.69, 9.17) is 20.1 Å². The van der Waals surface area contributed by atoms with E-state index in [1.54, 1.807) is 30.7 Å². The van der Waals surface area contributed by atoms with Crippen LogP contribution < -0.4 is 10.5 Å². The topological polar surface area (TPSA) is 93.9 Å². The first-order chi connectivity index (χ1) is 8.72. The molecule has 2 aromatic rings. The van der Waals surface area contributed by atoms with Gasteiger partial charge in [-0.3, -0.25) is 0 Å². The minimum atomic E-state index is -0.0324. The van der Waals surface area contributed by atoms with Crippen molar-refractivity contribution in [3.63, 3.8) is 0 Å². The fourth-order valence-corrected chi connectivity index (χ4v) is 1.54. The molecular formula is C12H13N3O3. The molecule has 6 nitrogen and oxygen atoms in total. The zero-order valence-electron chi connectivity index (χ0n) is 9.83. The number of rotatable bonds is 4. The van der Waals surface area contributed by atoms with Crippen molar-refractivity contribution in [2.24, 2.45) is 10.9 Å². The van der Waals surface area contributed by atoms with E-state index in [0.717, 1.165) is 5.56 Å². The van der Waals surface area contributed by atoms with Gasteiger partial charge in [-0.05, 0) is 30.7 Å². The second-order valence-electron chi connectivity index (χ2n) is 3.66. The average Bonchev–Trinajstić information content (AvgIpc) is 2.88. The lowest BCUT2D eigenvalue weighted by Crippen LogP contribution is -2.17. The molecule has 0 atom stereocenters. The van der Waals surface area contributed by atoms with Gasteiger partial charge in [-0.15, -0.1) is 0 Å². The van der Waals surface area contributed by atoms with Crippen LogP contribution in [0.1, 0.15) is 16.9 Å². The molecule has 0 fully saturated rings. The Hall–Kier alpha value is -2.50. The highest BCUT2D eigenvalue weighted by molar-refractivity contribution is 6.00. The van der Waals surface area contributed by atoms with Crippen molar-refractivity contribution in [1.29, 1.82) is 0 Å². The Balaban J connectivity index is 2.24. The zero-order valence-corrected chi connectivity index (χ0v) is 9.83. The van der Waals surface area contributed by atoms with E-state index in [0.29, 0.717) is 17.2 Å². The molecule has 0 radical (unpaired) electrons. The fourth-order valence-electron chi connectivity index (χ4n) is 1.54. The summed E-state index contributed by atoms with van der Waals surface area (Å²) in [7, 11) is 0. The number of amidine groups is 1. The van der Waals surface area contributed by atoms with Gasteiger partial charge >= 0.3 is 0 Å². The van der Waals surface area contributed by atoms with E-state index >= 15 is 0 Å². The summed E-state index contributed by atoms with van der Waals surface area (Å²) >= 11 is 0. The van der Waals surface area contributed by atoms with Crippen molar-refractivity contribution in [2.45, 2.75) is 13.5 Å². The Labute approximate surface area is 104 Å². The summed E-state index contributed by atoms with van der Waals surface area (Å²) < 4.78 is 10.7. The maximum absolute atomic E-state index is 8.75. The molecule has 0 unspecified atom stereocenters. The van der Waals surface area contributed by atoms with Gasteiger partial charge in [-0.2, -0.15) is 0 Å². The van der Waals surface area contributed by atoms with Crippen LogP contribution >= 0.6 is 0 Å². The smallest absolute Gasteiger partial charge is 0.225 e. The molecule has 6 heteroatoms. The molecule has 2 aromatic heterocycles. The van der Waals surface area contributed by atoms with E-state index in [1.165, 1.54) is 0 Å². The standard InChI is InChI=1S/C12H13N3O3/c1-8-4-5-14-12(10(8)11(13)15-16)18-7-9-3-2-6-17-9/h2-6,16H,7H2,1H3,(H2,13,15). The molecule has 0 aliphatic carbocycles. The second-order valence-corrected chi connectivity index (χ2v) is 3.66. The number of aromatic nitrogens is 1. The molecule has 0 amide bonds. The maximum atomic E-state index is 8.75. The largest absolute Gasteiger partial charge is 0.469 e. The minimum absolute atomic E-state index is 0.0324. The van der Waals surface area contributed by atoms with Crippen LogP contribution in [-0.2, 0) is 6.61 Å². The molecule has 0 spiro atoms. The predicted octanol–water partition coefficient (Wildman–Crippen LogP) is 1.66. The molecule has 0 aliphatic heterocycles. The number of hydrogen-bond donors (Lipinski definition) is 2. The lowest BCUT2D eigenvalue weighted by molar-refractivity contribution is 0.259. The maximum Gasteiger partial charge on any atom is 0.225 e. The Morgan fingerprint density at radius 2 is 2.39 bits per heavy atom. The number of nitrogens with two attached hydrogens (primary N) is 1. The van der Waals surface area contributed by atoms with Crippen molar-refractivity contribution >= 4 is 5.84 Å². The van der Waals surface area contributed by atoms with Crippen molar-refractivity contribution in [3.05, 3.63) is 47.5 Å². The van der Waals surface area contributed by atoms with Gasteiger partial charge in [0.1, 0.15) is 12.4 Å². The summed E-state index contributed by atoms with van der Waals surface area (Å²) in [5.74, 6) is 0.945. The molecule has 0 aliphatic rings. The molecule has 0 aromatic carbocycles. The Morgan fingerprint density at radius 1 is 1.56 bits per heavy atom. The van der Waals surface area contributed by atoms with Gasteiger partial charge in [0.2, 0.25) is 5.88 Å². The van der Waals surface area contributed by atoms with E-state index in [1.807, 2.05) is 6.92 Å². The summed E-state index contributed by atoms with van der Waals surface area (Å²) in [6.07, 6.45) is 3.16. The SMILES string of the molecule is Cc1ccnc(OCc2ccco2)c1/C(N)=N/O. The minimum Gasteiger partial charge on any atom is -0.469 e. The summed E-state index contributed by atoms with van der Waals surface area (Å²) in [4.78, 5) is 4.07. The van der Waals surface area contributed by atoms with Gasteiger partial charge in [-0.25, -0.2) is 4.98 Å². The highest BCUT2D eigenvalue weighted by Crippen LogP contribution is 2.19. The predicted molar refractivity (Wildman–Crippen MR) is 64.5 cm³/mol. The lowest BCUT2D eigenvalue weighted by atomic mass is 10.1. The third kappa shape index (κ3) is 2.42. The van der Waals surface area contributed by atoms with Gasteiger partial charge in [0.15, 0.2) is 5.84 Å². The van der Waals surface area contributed by atoms with Gasteiger partial charge in [0, 0.05) is 6.20 Å². The molecule has 18 heavy (non-hydrogen) atoms. The third-order valence-electron chi connectivity index (χ3n) is 2.42. The summed E-state index contributed by atoms with van der Waals surface area (Å²) in [5.41, 5.74) is 6.89. The van der Waals surface area contributed by atoms with Gasteiger partial charge in [0.25, 0.3) is 0 Å². The summed E-state index contributed by atoms with van der Waals surface area (Å²) in [6, 6.07) is 5.32. The summed E-state index contributed by atoms with van der Waals surface area (Å²) in [6.45, 7) is 2.06. The molecule has 0 saturated heterocycles. The van der Waals surface area contributed by atoms with Crippen LogP contribution in [0.5, 0.6) is 5.88 Å². The van der Waals surface area contributed by atoms with Crippen molar-refractivity contribution in [2.75, 3.05) is 0 Å². The molecule has 3 N–H and O–H groups in total. The number of furan rings is 1. The lowest BCUT2D eigenvalue weighted by Gasteiger charge is -2.10. The molecule has 0 bridgehead atoms. The highest BCUT2D eigenvalue weighted by Gasteiger charge is 2.13. The van der Waals surface area contributed by atoms with Crippen LogP contribution in [0.2, 0.25) is 0 Å². The van der Waals surface area contributed by atoms with Crippen LogP contribution in [0.15, 0.2) is 40.2 Å². The molecule has 94 valence electrons. The second kappa shape index (κ2) is 5.22. The monoisotopic (exact) mass is 247 g/mol. The Bertz CT molecular complexity index is 550. The molecule has 2 heterocycles. The molecule has 0 saturated carbocycles. The fraction of sp³-hybridized carbons (Fsp3) is 0.167. The van der Waals surface area contributed by atoms with Crippen molar-refractivity contribution in [3.8, 4) is 5.88 Å². The molecule has 2 rings (SSSR count). The van der Waals surface area contributed by atoms with E-state index in [-0.39, 0.29) is 12.4 Å². The highest BCUT2D eigenvalue weighted by atomic mass is 16.5. The number of pyridine rings is 1. The number of oxime groups is 1. The molecular weight excluding hydrogens is 234 g/mol. The first kappa shape index (κ1) is 12.0. The summed E-state index contributed by atoms with van der Waals surface area (Å²) in [5, 5.41) is 11.7. The number of nitrogens with zero attached hydrogens (tertiary/aromatic N) is 2. The van der Waals surface area contributed by atoms with Crippen LogP contribution in [0.4, 0.5) is 0 Å². The number of hydrogen-bond acceptors (Lipinski definition) is 5. The first-order valence-corrected chi connectivity index (χ1v) is 5.31. The number of aryl methyl sites for hydroxylation is 1. The van der Waals surface area contributed by atoms with Gasteiger partial charge in [0.05, 0.1) is 11.8 Å². The van der Waals surface area contributed by atoms with Gasteiger partial charge in [-0.1, -0.05) is 5.16 Å². The van der Waals surface area contributed by atoms with Crippen molar-refractivity contribution in [1.82, 2.24) is 4.98 Å². The first-order valence-electron chi connectivity index (χ1n) is 5.31. The van der Waals surface area contributed by atoms with Crippen LogP contribution in [0.25, 0.3) is 0 Å². The van der Waals surface area contributed by atoms with Crippen LogP contribution in [-0.4, -0.2) is 16.0 Å². The van der Waals surface area contributed by atoms with Crippen LogP contribution in [0, 0.1) is 6.92 Å². The van der Waals surface area contributed by atoms with E-state index < -0.39 is 0 Å². The van der Waals surface area contributed by atoms with Gasteiger partial charge < -0.3 is 20.1 Å². The van der Waals surface area contributed by atoms with Crippen molar-refractivity contribution < 1.29 is 14.4 Å².